The van der Waals surface area contributed by atoms with E-state index >= 15 is 0 Å². The Hall–Kier alpha value is -3.51. The molecule has 8 aliphatic carbocycles. The molecular formula is C61H84N2O9. The van der Waals surface area contributed by atoms with E-state index in [2.05, 4.69) is 49.6 Å². The van der Waals surface area contributed by atoms with Crippen LogP contribution >= 0.6 is 0 Å². The molecule has 0 bridgehead atoms. The zero-order valence-corrected chi connectivity index (χ0v) is 43.9. The molecule has 6 saturated carbocycles. The van der Waals surface area contributed by atoms with E-state index in [0.717, 1.165) is 140 Å². The Labute approximate surface area is 427 Å². The Balaban J connectivity index is 0.703. The summed E-state index contributed by atoms with van der Waals surface area (Å²) >= 11 is 0. The molecule has 2 unspecified atom stereocenters. The van der Waals surface area contributed by atoms with Gasteiger partial charge in [-0.15, -0.1) is 0 Å². The average Bonchev–Trinajstić information content (AvgIpc) is 4.20. The van der Waals surface area contributed by atoms with E-state index < -0.39 is 17.4 Å². The largest absolute Gasteiger partial charge is 0.508 e. The summed E-state index contributed by atoms with van der Waals surface area (Å²) in [7, 11) is 0. The lowest BCUT2D eigenvalue weighted by molar-refractivity contribution is -0.178. The first-order chi connectivity index (χ1) is 34.6. The van der Waals surface area contributed by atoms with Gasteiger partial charge in [-0.3, -0.25) is 9.80 Å². The van der Waals surface area contributed by atoms with Gasteiger partial charge in [-0.05, 0) is 236 Å². The van der Waals surface area contributed by atoms with E-state index in [1.54, 1.807) is 23.7 Å². The molecule has 11 heteroatoms. The Kier molecular flexibility index (Phi) is 12.6. The summed E-state index contributed by atoms with van der Waals surface area (Å²) in [4.78, 5) is 42.7. The molecule has 16 atom stereocenters. The zero-order chi connectivity index (χ0) is 49.8. The topological polar surface area (TPSA) is 143 Å². The fraction of sp³-hybridized carbons (Fsp3) is 0.754. The Morgan fingerprint density at radius 1 is 0.569 bits per heavy atom. The van der Waals surface area contributed by atoms with Crippen molar-refractivity contribution in [3.05, 3.63) is 92.1 Å². The number of nitrogens with zero attached hydrogens (tertiary/aromatic N) is 2. The third kappa shape index (κ3) is 7.70. The van der Waals surface area contributed by atoms with Crippen LogP contribution in [0.5, 0.6) is 0 Å². The Morgan fingerprint density at radius 3 is 1.38 bits per heavy atom. The molecule has 2 saturated heterocycles. The summed E-state index contributed by atoms with van der Waals surface area (Å²) < 4.78 is 23.1. The molecule has 0 amide bonds. The van der Waals surface area contributed by atoms with Crippen LogP contribution in [0.15, 0.2) is 78.5 Å². The minimum absolute atomic E-state index is 0.0443. The second-order valence-corrected chi connectivity index (χ2v) is 26.3. The number of ether oxygens (including phenoxy) is 2. The molecule has 2 N–H and O–H groups in total. The van der Waals surface area contributed by atoms with Gasteiger partial charge in [0.2, 0.25) is 0 Å². The zero-order valence-electron chi connectivity index (χ0n) is 43.9. The maximum Gasteiger partial charge on any atom is 0.508 e. The highest BCUT2D eigenvalue weighted by Crippen LogP contribution is 2.72. The highest BCUT2D eigenvalue weighted by Gasteiger charge is 2.68. The molecule has 72 heavy (non-hydrogen) atoms. The van der Waals surface area contributed by atoms with Crippen LogP contribution in [-0.4, -0.2) is 88.8 Å². The van der Waals surface area contributed by atoms with E-state index in [-0.39, 0.29) is 68.7 Å². The van der Waals surface area contributed by atoms with E-state index in [1.165, 1.54) is 37.8 Å². The number of aliphatic hydroxyl groups is 2. The highest BCUT2D eigenvalue weighted by atomic mass is 16.7. The van der Waals surface area contributed by atoms with Crippen molar-refractivity contribution in [2.24, 2.45) is 57.2 Å². The first-order valence-electron chi connectivity index (χ1n) is 28.9. The Bertz CT molecular complexity index is 2350. The summed E-state index contributed by atoms with van der Waals surface area (Å²) in [6.45, 7) is 14.4. The molecule has 2 aliphatic heterocycles. The van der Waals surface area contributed by atoms with E-state index in [1.807, 2.05) is 12.1 Å². The fourth-order valence-electron chi connectivity index (χ4n) is 19.8. The summed E-state index contributed by atoms with van der Waals surface area (Å²) in [5, 5.41) is 25.7. The van der Waals surface area contributed by atoms with Crippen LogP contribution in [-0.2, 0) is 9.47 Å². The van der Waals surface area contributed by atoms with Crippen LogP contribution in [0.1, 0.15) is 179 Å². The van der Waals surface area contributed by atoms with Crippen molar-refractivity contribution in [2.45, 2.75) is 191 Å². The first kappa shape index (κ1) is 49.4. The third-order valence-corrected chi connectivity index (χ3v) is 23.9. The molecule has 11 nitrogen and oxygen atoms in total. The first-order valence-corrected chi connectivity index (χ1v) is 28.9. The van der Waals surface area contributed by atoms with E-state index in [4.69, 9.17) is 18.3 Å². The van der Waals surface area contributed by atoms with Gasteiger partial charge in [-0.1, -0.05) is 51.0 Å². The average molecular weight is 989 g/mol. The highest BCUT2D eigenvalue weighted by molar-refractivity contribution is 5.60. The monoisotopic (exact) mass is 989 g/mol. The van der Waals surface area contributed by atoms with Crippen LogP contribution in [0.2, 0.25) is 0 Å². The lowest BCUT2D eigenvalue weighted by Crippen LogP contribution is -2.60. The van der Waals surface area contributed by atoms with Crippen molar-refractivity contribution < 1.29 is 33.3 Å². The lowest BCUT2D eigenvalue weighted by Gasteiger charge is -2.62. The van der Waals surface area contributed by atoms with Gasteiger partial charge in [0.05, 0.1) is 35.8 Å². The van der Waals surface area contributed by atoms with E-state index in [0.29, 0.717) is 36.9 Å². The normalized spacial score (nSPS) is 43.5. The maximum absolute atomic E-state index is 13.9. The van der Waals surface area contributed by atoms with Gasteiger partial charge in [-0.25, -0.2) is 14.4 Å². The number of allylic oxidation sites excluding steroid dienone is 2. The summed E-state index contributed by atoms with van der Waals surface area (Å²) in [5.41, 5.74) is 2.65. The molecule has 392 valence electrons. The summed E-state index contributed by atoms with van der Waals surface area (Å²) in [6, 6.07) is 7.14. The number of carbonyl (C=O) groups is 1. The van der Waals surface area contributed by atoms with Crippen LogP contribution in [0.3, 0.4) is 0 Å². The quantitative estimate of drug-likeness (QED) is 0.173. The summed E-state index contributed by atoms with van der Waals surface area (Å²) in [6.07, 6.45) is 28.4. The fourth-order valence-corrected chi connectivity index (χ4v) is 19.8. The molecule has 10 aliphatic rings. The predicted octanol–water partition coefficient (Wildman–Crippen LogP) is 10.9. The molecule has 8 fully saturated rings. The summed E-state index contributed by atoms with van der Waals surface area (Å²) in [5.74, 6) is 2.31. The predicted molar refractivity (Wildman–Crippen MR) is 275 cm³/mol. The van der Waals surface area contributed by atoms with Gasteiger partial charge >= 0.3 is 17.4 Å². The van der Waals surface area contributed by atoms with Crippen molar-refractivity contribution in [1.29, 1.82) is 0 Å². The molecule has 4 heterocycles. The van der Waals surface area contributed by atoms with Gasteiger partial charge in [0.1, 0.15) is 13.2 Å². The number of rotatable bonds is 10. The minimum Gasteiger partial charge on any atom is -0.433 e. The number of hydrogen-bond acceptors (Lipinski definition) is 11. The maximum atomic E-state index is 13.9. The van der Waals surface area contributed by atoms with Crippen molar-refractivity contribution in [1.82, 2.24) is 9.80 Å². The van der Waals surface area contributed by atoms with Gasteiger partial charge in [0.15, 0.2) is 0 Å². The van der Waals surface area contributed by atoms with Crippen LogP contribution < -0.4 is 11.3 Å². The second kappa shape index (κ2) is 18.4. The van der Waals surface area contributed by atoms with Crippen molar-refractivity contribution in [3.8, 4) is 0 Å². The molecular weight excluding hydrogens is 905 g/mol. The Morgan fingerprint density at radius 2 is 0.986 bits per heavy atom. The standard InChI is InChI=1S/C61H84N2O9/c1-56-23-17-39(33-43(56)11-13-49-47(56)19-25-58(3)45(21-27-60(49,58)67)41-9-15-53(64)69-35-41)51(62-29-5-6-30-62)37-71-55(66)72-38-52(63-31-7-8-32-63)40-18-24-57(2)44(34-40)12-14-50-48(57)20-26-59(4)46(22-28-61(50,59)68)42-10-16-54(65)70-36-42/h9-10,15-16,33-36,39-40,45-52,67-68H,5-8,11-14,17-32,37-38H2,1-4H3/t39-,40-,45+,46+,47-,48-,49+,50+,51?,52?,56-,57-,58+,59+,60-,61-/m0/s1. The van der Waals surface area contributed by atoms with Crippen molar-refractivity contribution in [3.63, 3.8) is 0 Å². The van der Waals surface area contributed by atoms with Crippen molar-refractivity contribution in [2.75, 3.05) is 39.4 Å². The van der Waals surface area contributed by atoms with Crippen molar-refractivity contribution >= 4 is 6.16 Å². The van der Waals surface area contributed by atoms with Gasteiger partial charge < -0.3 is 28.5 Å². The second-order valence-electron chi connectivity index (χ2n) is 26.3. The van der Waals surface area contributed by atoms with Crippen LogP contribution in [0, 0.1) is 57.2 Å². The molecule has 0 aromatic carbocycles. The molecule has 0 spiro atoms. The number of hydrogen-bond donors (Lipinski definition) is 2. The third-order valence-electron chi connectivity index (χ3n) is 23.9. The van der Waals surface area contributed by atoms with Crippen LogP contribution in [0.25, 0.3) is 0 Å². The molecule has 2 aromatic rings. The van der Waals surface area contributed by atoms with Gasteiger partial charge in [0, 0.05) is 23.0 Å². The van der Waals surface area contributed by atoms with Gasteiger partial charge in [-0.2, -0.15) is 0 Å². The molecule has 0 radical (unpaired) electrons. The SMILES string of the molecule is C[C@]12CC[C@H](C(COC(=O)OCC([C@@H]3C=C4CC[C@@H]5[C@H](CC[C@]6(C)[C@@H](c7ccc(=O)oc7)CC[C@]56O)[C@@]4(C)CC3)N3CCCC3)N3CCCC3)C=C1CC[C@@H]1[C@@H]2CC[C@]2(C)[C@@H](c3ccc(=O)oc3)CC[C@]12O. The van der Waals surface area contributed by atoms with Gasteiger partial charge in [0.25, 0.3) is 0 Å². The smallest absolute Gasteiger partial charge is 0.433 e. The molecule has 2 aromatic heterocycles. The van der Waals surface area contributed by atoms with E-state index in [9.17, 15) is 24.6 Å². The number of carbonyl (C=O) groups excluding carboxylic acids is 1. The minimum atomic E-state index is -0.744. The lowest BCUT2D eigenvalue weighted by atomic mass is 9.44. The number of fused-ring (bicyclic) bond motifs is 10. The molecule has 12 rings (SSSR count). The number of likely N-dealkylation sites (tertiary alicyclic amines) is 2. The van der Waals surface area contributed by atoms with Crippen LogP contribution in [0.4, 0.5) is 4.79 Å².